The predicted molar refractivity (Wildman–Crippen MR) is 188 cm³/mol. The summed E-state index contributed by atoms with van der Waals surface area (Å²) in [7, 11) is 0. The average Bonchev–Trinajstić information content (AvgIpc) is 3.03. The molecule has 0 aromatic heterocycles. The van der Waals surface area contributed by atoms with E-state index in [9.17, 15) is 14.7 Å². The molecule has 6 nitrogen and oxygen atoms in total. The number of carboxylic acids is 1. The lowest BCUT2D eigenvalue weighted by Gasteiger charge is -2.17. The maximum Gasteiger partial charge on any atom is 0.309 e. The number of allylic oxidation sites excluding steroid dienone is 8. The summed E-state index contributed by atoms with van der Waals surface area (Å²) in [5.41, 5.74) is 0. The van der Waals surface area contributed by atoms with Crippen LogP contribution in [0.1, 0.15) is 161 Å². The summed E-state index contributed by atoms with van der Waals surface area (Å²) in [5, 5.41) is 27.2. The smallest absolute Gasteiger partial charge is 0.309 e. The van der Waals surface area contributed by atoms with Crippen molar-refractivity contribution in [2.24, 2.45) is 5.92 Å². The van der Waals surface area contributed by atoms with Gasteiger partial charge in [-0.2, -0.15) is 0 Å². The Balaban J connectivity index is 4.06. The zero-order chi connectivity index (χ0) is 33.1. The highest BCUT2D eigenvalue weighted by Crippen LogP contribution is 2.21. The fourth-order valence-corrected chi connectivity index (χ4v) is 5.16. The van der Waals surface area contributed by atoms with Crippen LogP contribution in [-0.2, 0) is 14.3 Å². The topological polar surface area (TPSA) is 104 Å². The van der Waals surface area contributed by atoms with E-state index in [2.05, 4.69) is 55.5 Å². The lowest BCUT2D eigenvalue weighted by molar-refractivity contribution is -0.152. The standard InChI is InChI=1S/C39H68O6/c1-2-3-4-5-6-7-8-9-13-16-19-22-25-28-31-36(39(44)45-35-37(41)34-40)32-29-26-23-20-17-14-11-10-12-15-18-21-24-27-30-33-38(42)43/h9-10,12-14,17-18,21,36-37,40-41H,2-8,11,15-16,19-20,22-35H2,1H3,(H,42,43)/b12-10-,13-9-,17-14-,21-18-. The van der Waals surface area contributed by atoms with Gasteiger partial charge >= 0.3 is 11.9 Å². The quantitative estimate of drug-likeness (QED) is 0.0378. The van der Waals surface area contributed by atoms with Crippen LogP contribution in [0.25, 0.3) is 0 Å². The molecular formula is C39H68O6. The Bertz CT molecular complexity index is 784. The lowest BCUT2D eigenvalue weighted by atomic mass is 9.94. The van der Waals surface area contributed by atoms with Crippen LogP contribution >= 0.6 is 0 Å². The number of carboxylic acid groups (broad SMARTS) is 1. The molecule has 2 unspecified atom stereocenters. The molecular weight excluding hydrogens is 564 g/mol. The summed E-state index contributed by atoms with van der Waals surface area (Å²) in [6.07, 6.45) is 42.2. The Labute approximate surface area is 276 Å². The van der Waals surface area contributed by atoms with E-state index in [-0.39, 0.29) is 24.9 Å². The van der Waals surface area contributed by atoms with Gasteiger partial charge in [0.2, 0.25) is 0 Å². The van der Waals surface area contributed by atoms with Gasteiger partial charge in [0, 0.05) is 6.42 Å². The van der Waals surface area contributed by atoms with Crippen molar-refractivity contribution in [1.82, 2.24) is 0 Å². The van der Waals surface area contributed by atoms with E-state index in [0.717, 1.165) is 89.9 Å². The number of ether oxygens (including phenoxy) is 1. The number of rotatable bonds is 33. The van der Waals surface area contributed by atoms with Gasteiger partial charge in [-0.05, 0) is 83.5 Å². The first-order chi connectivity index (χ1) is 22.0. The number of aliphatic carboxylic acids is 1. The Morgan fingerprint density at radius 2 is 1.02 bits per heavy atom. The van der Waals surface area contributed by atoms with Crippen LogP contribution in [0.3, 0.4) is 0 Å². The van der Waals surface area contributed by atoms with E-state index in [0.29, 0.717) is 0 Å². The molecule has 0 spiro atoms. The number of hydrogen-bond acceptors (Lipinski definition) is 5. The summed E-state index contributed by atoms with van der Waals surface area (Å²) < 4.78 is 5.31. The summed E-state index contributed by atoms with van der Waals surface area (Å²) in [6, 6.07) is 0. The summed E-state index contributed by atoms with van der Waals surface area (Å²) in [4.78, 5) is 23.2. The van der Waals surface area contributed by atoms with Gasteiger partial charge in [0.1, 0.15) is 12.7 Å². The molecule has 0 heterocycles. The van der Waals surface area contributed by atoms with E-state index in [1.807, 2.05) is 0 Å². The molecule has 0 aromatic carbocycles. The molecule has 0 fully saturated rings. The maximum absolute atomic E-state index is 12.7. The molecule has 0 aromatic rings. The van der Waals surface area contributed by atoms with Crippen molar-refractivity contribution in [2.45, 2.75) is 167 Å². The molecule has 0 saturated heterocycles. The van der Waals surface area contributed by atoms with Crippen molar-refractivity contribution in [1.29, 1.82) is 0 Å². The van der Waals surface area contributed by atoms with E-state index in [1.165, 1.54) is 57.8 Å². The monoisotopic (exact) mass is 633 g/mol. The average molecular weight is 633 g/mol. The lowest BCUT2D eigenvalue weighted by Crippen LogP contribution is -2.25. The summed E-state index contributed by atoms with van der Waals surface area (Å²) >= 11 is 0. The minimum atomic E-state index is -1.01. The molecule has 0 aliphatic heterocycles. The number of hydrogen-bond donors (Lipinski definition) is 3. The molecule has 260 valence electrons. The minimum absolute atomic E-state index is 0.132. The van der Waals surface area contributed by atoms with Crippen LogP contribution in [0.5, 0.6) is 0 Å². The van der Waals surface area contributed by atoms with Gasteiger partial charge in [-0.3, -0.25) is 9.59 Å². The second-order valence-electron chi connectivity index (χ2n) is 12.3. The van der Waals surface area contributed by atoms with Gasteiger partial charge in [-0.1, -0.05) is 120 Å². The zero-order valence-corrected chi connectivity index (χ0v) is 28.7. The van der Waals surface area contributed by atoms with E-state index < -0.39 is 18.7 Å². The fraction of sp³-hybridized carbons (Fsp3) is 0.744. The van der Waals surface area contributed by atoms with Gasteiger partial charge < -0.3 is 20.1 Å². The van der Waals surface area contributed by atoms with Crippen LogP contribution < -0.4 is 0 Å². The highest BCUT2D eigenvalue weighted by Gasteiger charge is 2.20. The van der Waals surface area contributed by atoms with Gasteiger partial charge in [-0.25, -0.2) is 0 Å². The van der Waals surface area contributed by atoms with Gasteiger partial charge in [0.15, 0.2) is 0 Å². The number of unbranched alkanes of at least 4 members (excludes halogenated alkanes) is 15. The highest BCUT2D eigenvalue weighted by atomic mass is 16.5. The van der Waals surface area contributed by atoms with Crippen molar-refractivity contribution >= 4 is 11.9 Å². The molecule has 2 atom stereocenters. The number of carbonyl (C=O) groups is 2. The van der Waals surface area contributed by atoms with Crippen LogP contribution in [0, 0.1) is 5.92 Å². The Morgan fingerprint density at radius 1 is 0.600 bits per heavy atom. The maximum atomic E-state index is 12.7. The normalized spacial score (nSPS) is 13.5. The van der Waals surface area contributed by atoms with Crippen molar-refractivity contribution in [3.8, 4) is 0 Å². The first-order valence-corrected chi connectivity index (χ1v) is 18.3. The molecule has 45 heavy (non-hydrogen) atoms. The van der Waals surface area contributed by atoms with Crippen LogP contribution in [-0.4, -0.2) is 46.6 Å². The number of aliphatic hydroxyl groups excluding tert-OH is 2. The van der Waals surface area contributed by atoms with Crippen molar-refractivity contribution in [3.63, 3.8) is 0 Å². The van der Waals surface area contributed by atoms with Crippen LogP contribution in [0.2, 0.25) is 0 Å². The van der Waals surface area contributed by atoms with Gasteiger partial charge in [-0.15, -0.1) is 0 Å². The Kier molecular flexibility index (Phi) is 33.0. The third-order valence-corrected chi connectivity index (χ3v) is 8.01. The summed E-state index contributed by atoms with van der Waals surface area (Å²) in [5.74, 6) is -1.09. The van der Waals surface area contributed by atoms with E-state index in [4.69, 9.17) is 14.9 Å². The Hall–Kier alpha value is -2.18. The molecule has 3 N–H and O–H groups in total. The highest BCUT2D eigenvalue weighted by molar-refractivity contribution is 5.72. The predicted octanol–water partition coefficient (Wildman–Crippen LogP) is 10.2. The largest absolute Gasteiger partial charge is 0.481 e. The number of aliphatic hydroxyl groups is 2. The molecule has 0 bridgehead atoms. The molecule has 0 radical (unpaired) electrons. The number of esters is 1. The van der Waals surface area contributed by atoms with Crippen molar-refractivity contribution in [2.75, 3.05) is 13.2 Å². The second-order valence-corrected chi connectivity index (χ2v) is 12.3. The SMILES string of the molecule is CCCCCCCC/C=C\CCCCCCC(CCCCC/C=C\C/C=C\C/C=C\CCCCC(=O)O)C(=O)OCC(O)CO. The third kappa shape index (κ3) is 33.0. The van der Waals surface area contributed by atoms with Crippen LogP contribution in [0.15, 0.2) is 48.6 Å². The first-order valence-electron chi connectivity index (χ1n) is 18.3. The molecule has 0 rings (SSSR count). The zero-order valence-electron chi connectivity index (χ0n) is 28.7. The van der Waals surface area contributed by atoms with Gasteiger partial charge in [0.25, 0.3) is 0 Å². The van der Waals surface area contributed by atoms with E-state index in [1.54, 1.807) is 0 Å². The second kappa shape index (κ2) is 34.7. The van der Waals surface area contributed by atoms with Crippen molar-refractivity contribution < 1.29 is 29.6 Å². The third-order valence-electron chi connectivity index (χ3n) is 8.01. The first kappa shape index (κ1) is 42.8. The molecule has 6 heteroatoms. The molecule has 0 amide bonds. The fourth-order valence-electron chi connectivity index (χ4n) is 5.16. The van der Waals surface area contributed by atoms with Crippen molar-refractivity contribution in [3.05, 3.63) is 48.6 Å². The summed E-state index contributed by atoms with van der Waals surface area (Å²) in [6.45, 7) is 1.72. The minimum Gasteiger partial charge on any atom is -0.481 e. The van der Waals surface area contributed by atoms with E-state index >= 15 is 0 Å². The molecule has 0 saturated carbocycles. The number of carbonyl (C=O) groups excluding carboxylic acids is 1. The van der Waals surface area contributed by atoms with Gasteiger partial charge in [0.05, 0.1) is 12.5 Å². The molecule has 0 aliphatic carbocycles. The van der Waals surface area contributed by atoms with Crippen LogP contribution in [0.4, 0.5) is 0 Å². The molecule has 0 aliphatic rings. The Morgan fingerprint density at radius 3 is 1.53 bits per heavy atom.